The minimum absolute atomic E-state index is 0. The Kier molecular flexibility index (Phi) is 9.63. The molecule has 3 nitrogen and oxygen atoms in total. The summed E-state index contributed by atoms with van der Waals surface area (Å²) in [5.41, 5.74) is 1.05. The molecule has 15 heavy (non-hydrogen) atoms. The Labute approximate surface area is 95.3 Å². The quantitative estimate of drug-likeness (QED) is 0.571. The van der Waals surface area contributed by atoms with E-state index in [9.17, 15) is 0 Å². The molecule has 92 valence electrons. The summed E-state index contributed by atoms with van der Waals surface area (Å²) in [5, 5.41) is 3.16. The molecule has 0 aliphatic carbocycles. The van der Waals surface area contributed by atoms with E-state index in [2.05, 4.69) is 18.8 Å². The number of rotatable bonds is 10. The van der Waals surface area contributed by atoms with Gasteiger partial charge in [0.1, 0.15) is 0 Å². The molecule has 0 fully saturated rings. The van der Waals surface area contributed by atoms with E-state index >= 15 is 0 Å². The number of ether oxygens (including phenoxy) is 2. The summed E-state index contributed by atoms with van der Waals surface area (Å²) < 4.78 is 10.8. The van der Waals surface area contributed by atoms with Crippen molar-refractivity contribution >= 4 is 0 Å². The van der Waals surface area contributed by atoms with Crippen LogP contribution in [0.25, 0.3) is 0 Å². The second-order valence-corrected chi connectivity index (χ2v) is 3.77. The third-order valence-corrected chi connectivity index (χ3v) is 1.86. The van der Waals surface area contributed by atoms with Gasteiger partial charge in [-0.3, -0.25) is 0 Å². The molecule has 0 atom stereocenters. The molecule has 0 radical (unpaired) electrons. The lowest BCUT2D eigenvalue weighted by molar-refractivity contribution is 0.0519. The molecule has 0 saturated carbocycles. The fourth-order valence-electron chi connectivity index (χ4n) is 1.12. The molecule has 0 bridgehead atoms. The van der Waals surface area contributed by atoms with Gasteiger partial charge in [0.25, 0.3) is 0 Å². The molecule has 0 rings (SSSR count). The Morgan fingerprint density at radius 1 is 1.33 bits per heavy atom. The summed E-state index contributed by atoms with van der Waals surface area (Å²) in [4.78, 5) is 0. The van der Waals surface area contributed by atoms with Crippen LogP contribution in [-0.4, -0.2) is 32.5 Å². The van der Waals surface area contributed by atoms with Crippen molar-refractivity contribution < 1.29 is 10.9 Å². The second-order valence-electron chi connectivity index (χ2n) is 3.77. The minimum atomic E-state index is 0. The minimum Gasteiger partial charge on any atom is -0.389 e. The van der Waals surface area contributed by atoms with Crippen LogP contribution in [0.4, 0.5) is 0 Å². The van der Waals surface area contributed by atoms with E-state index in [1.165, 1.54) is 0 Å². The first-order valence-electron chi connectivity index (χ1n) is 5.77. The second kappa shape index (κ2) is 9.99. The Hall–Kier alpha value is -0.540. The van der Waals surface area contributed by atoms with Crippen molar-refractivity contribution in [2.75, 3.05) is 26.4 Å². The van der Waals surface area contributed by atoms with Crippen molar-refractivity contribution in [3.8, 4) is 0 Å². The normalized spacial score (nSPS) is 10.7. The van der Waals surface area contributed by atoms with Gasteiger partial charge >= 0.3 is 0 Å². The topological polar surface area (TPSA) is 30.5 Å². The summed E-state index contributed by atoms with van der Waals surface area (Å²) in [5.74, 6) is 0. The first-order valence-corrected chi connectivity index (χ1v) is 5.77. The van der Waals surface area contributed by atoms with Crippen LogP contribution in [0.3, 0.4) is 0 Å². The molecule has 0 saturated heterocycles. The summed E-state index contributed by atoms with van der Waals surface area (Å²) in [6.07, 6.45) is 2.17. The Bertz CT molecular complexity index is 163. The lowest BCUT2D eigenvalue weighted by atomic mass is 10.3. The molecule has 0 aliphatic rings. The van der Waals surface area contributed by atoms with Crippen LogP contribution in [0.15, 0.2) is 12.3 Å². The standard InChI is InChI=1S/C12H25NO2.H2/c1-5-13-12(4)7-10-14-8-6-9-15-11(2)3;/h11,13H,4-10H2,1-3H3;1H. The molecule has 0 aliphatic heterocycles. The van der Waals surface area contributed by atoms with Crippen LogP contribution in [-0.2, 0) is 9.47 Å². The summed E-state index contributed by atoms with van der Waals surface area (Å²) in [6.45, 7) is 13.3. The van der Waals surface area contributed by atoms with Gasteiger partial charge in [0.15, 0.2) is 0 Å². The molecular formula is C12H27NO2. The fraction of sp³-hybridized carbons (Fsp3) is 0.833. The third-order valence-electron chi connectivity index (χ3n) is 1.86. The maximum Gasteiger partial charge on any atom is 0.0520 e. The van der Waals surface area contributed by atoms with Gasteiger partial charge in [-0.05, 0) is 27.2 Å². The molecule has 1 N–H and O–H groups in total. The summed E-state index contributed by atoms with van der Waals surface area (Å²) >= 11 is 0. The Balaban J connectivity index is 0. The van der Waals surface area contributed by atoms with E-state index in [4.69, 9.17) is 9.47 Å². The first-order chi connectivity index (χ1) is 7.16. The highest BCUT2D eigenvalue weighted by Gasteiger charge is 1.95. The van der Waals surface area contributed by atoms with Crippen molar-refractivity contribution in [2.24, 2.45) is 0 Å². The number of nitrogens with one attached hydrogen (secondary N) is 1. The van der Waals surface area contributed by atoms with E-state index < -0.39 is 0 Å². The zero-order valence-electron chi connectivity index (χ0n) is 10.3. The van der Waals surface area contributed by atoms with Crippen LogP contribution in [0.1, 0.15) is 35.0 Å². The van der Waals surface area contributed by atoms with E-state index in [0.717, 1.165) is 44.9 Å². The van der Waals surface area contributed by atoms with Gasteiger partial charge in [0, 0.05) is 33.3 Å². The Morgan fingerprint density at radius 2 is 2.07 bits per heavy atom. The SMILES string of the molecule is C=C(CCOCCCOC(C)C)NCC.[HH]. The van der Waals surface area contributed by atoms with Gasteiger partial charge in [0.2, 0.25) is 0 Å². The van der Waals surface area contributed by atoms with Crippen LogP contribution in [0, 0.1) is 0 Å². The lowest BCUT2D eigenvalue weighted by Gasteiger charge is -2.09. The summed E-state index contributed by atoms with van der Waals surface area (Å²) in [6, 6.07) is 0. The van der Waals surface area contributed by atoms with Crippen molar-refractivity contribution in [3.63, 3.8) is 0 Å². The average molecular weight is 217 g/mol. The molecule has 0 unspecified atom stereocenters. The molecule has 0 aromatic heterocycles. The van der Waals surface area contributed by atoms with E-state index in [1.54, 1.807) is 0 Å². The van der Waals surface area contributed by atoms with E-state index in [1.807, 2.05) is 13.8 Å². The van der Waals surface area contributed by atoms with Gasteiger partial charge in [-0.25, -0.2) is 0 Å². The van der Waals surface area contributed by atoms with Crippen LogP contribution < -0.4 is 5.32 Å². The molecular weight excluding hydrogens is 190 g/mol. The van der Waals surface area contributed by atoms with Crippen LogP contribution >= 0.6 is 0 Å². The average Bonchev–Trinajstić information content (AvgIpc) is 2.16. The highest BCUT2D eigenvalue weighted by atomic mass is 16.5. The molecule has 0 amide bonds. The van der Waals surface area contributed by atoms with E-state index in [-0.39, 0.29) is 1.43 Å². The zero-order valence-corrected chi connectivity index (χ0v) is 10.3. The fourth-order valence-corrected chi connectivity index (χ4v) is 1.12. The van der Waals surface area contributed by atoms with Gasteiger partial charge in [-0.15, -0.1) is 0 Å². The maximum absolute atomic E-state index is 5.45. The van der Waals surface area contributed by atoms with Crippen LogP contribution in [0.2, 0.25) is 0 Å². The molecule has 3 heteroatoms. The van der Waals surface area contributed by atoms with Gasteiger partial charge in [0.05, 0.1) is 12.7 Å². The number of hydrogen-bond donors (Lipinski definition) is 1. The maximum atomic E-state index is 5.45. The van der Waals surface area contributed by atoms with Crippen molar-refractivity contribution in [3.05, 3.63) is 12.3 Å². The van der Waals surface area contributed by atoms with Crippen molar-refractivity contribution in [2.45, 2.75) is 39.7 Å². The largest absolute Gasteiger partial charge is 0.389 e. The smallest absolute Gasteiger partial charge is 0.0520 e. The van der Waals surface area contributed by atoms with E-state index in [0.29, 0.717) is 6.10 Å². The third kappa shape index (κ3) is 11.4. The lowest BCUT2D eigenvalue weighted by Crippen LogP contribution is -2.13. The zero-order chi connectivity index (χ0) is 11.5. The highest BCUT2D eigenvalue weighted by Crippen LogP contribution is 1.95. The number of hydrogen-bond acceptors (Lipinski definition) is 3. The molecule has 0 spiro atoms. The summed E-state index contributed by atoms with van der Waals surface area (Å²) in [7, 11) is 0. The monoisotopic (exact) mass is 217 g/mol. The Morgan fingerprint density at radius 3 is 2.67 bits per heavy atom. The molecule has 0 aromatic rings. The first kappa shape index (κ1) is 14.5. The molecule has 0 heterocycles. The van der Waals surface area contributed by atoms with Gasteiger partial charge in [-0.2, -0.15) is 0 Å². The van der Waals surface area contributed by atoms with Crippen molar-refractivity contribution in [1.82, 2.24) is 5.32 Å². The highest BCUT2D eigenvalue weighted by molar-refractivity contribution is 4.89. The van der Waals surface area contributed by atoms with Gasteiger partial charge < -0.3 is 14.8 Å². The van der Waals surface area contributed by atoms with Crippen LogP contribution in [0.5, 0.6) is 0 Å². The predicted molar refractivity (Wildman–Crippen MR) is 66.1 cm³/mol. The molecule has 0 aromatic carbocycles. The predicted octanol–water partition coefficient (Wildman–Crippen LogP) is 2.58. The van der Waals surface area contributed by atoms with Crippen molar-refractivity contribution in [1.29, 1.82) is 0 Å². The van der Waals surface area contributed by atoms with Gasteiger partial charge in [-0.1, -0.05) is 6.58 Å².